The first-order valence-corrected chi connectivity index (χ1v) is 10.6. The van der Waals surface area contributed by atoms with Gasteiger partial charge in [-0.1, -0.05) is 71.1 Å². The van der Waals surface area contributed by atoms with Crippen LogP contribution in [0.3, 0.4) is 0 Å². The second kappa shape index (κ2) is 13.2. The summed E-state index contributed by atoms with van der Waals surface area (Å²) in [6.07, 6.45) is 21.1. The molecule has 1 saturated carbocycles. The van der Waals surface area contributed by atoms with Gasteiger partial charge in [-0.2, -0.15) is 0 Å². The zero-order valence-corrected chi connectivity index (χ0v) is 16.5. The van der Waals surface area contributed by atoms with Crippen molar-refractivity contribution in [2.24, 2.45) is 0 Å². The van der Waals surface area contributed by atoms with Crippen molar-refractivity contribution in [1.29, 1.82) is 0 Å². The van der Waals surface area contributed by atoms with Gasteiger partial charge >= 0.3 is 0 Å². The van der Waals surface area contributed by atoms with Crippen LogP contribution in [0.15, 0.2) is 0 Å². The zero-order chi connectivity index (χ0) is 16.8. The van der Waals surface area contributed by atoms with Gasteiger partial charge in [0.15, 0.2) is 6.73 Å². The molecule has 0 aromatic rings. The minimum atomic E-state index is 0.830. The molecule has 2 nitrogen and oxygen atoms in total. The molecule has 0 radical (unpaired) electrons. The number of quaternary nitrogens is 1. The maximum Gasteiger partial charge on any atom is 0.182 e. The molecule has 1 fully saturated rings. The van der Waals surface area contributed by atoms with Crippen LogP contribution in [0.5, 0.6) is 0 Å². The Balaban J connectivity index is 1.87. The molecular formula is C21H44NO+. The van der Waals surface area contributed by atoms with Crippen molar-refractivity contribution in [3.05, 3.63) is 0 Å². The summed E-state index contributed by atoms with van der Waals surface area (Å²) in [5.41, 5.74) is 0. The molecular weight excluding hydrogens is 282 g/mol. The van der Waals surface area contributed by atoms with E-state index in [4.69, 9.17) is 4.74 Å². The number of unbranched alkanes of at least 4 members (excludes halogenated alkanes) is 9. The van der Waals surface area contributed by atoms with E-state index >= 15 is 0 Å². The Morgan fingerprint density at radius 1 is 0.739 bits per heavy atom. The predicted octanol–water partition coefficient (Wildman–Crippen LogP) is 6.29. The van der Waals surface area contributed by atoms with Crippen molar-refractivity contribution in [2.75, 3.05) is 27.4 Å². The fourth-order valence-electron chi connectivity index (χ4n) is 3.88. The van der Waals surface area contributed by atoms with E-state index in [1.807, 2.05) is 0 Å². The summed E-state index contributed by atoms with van der Waals surface area (Å²) in [5.74, 6) is 0. The van der Waals surface area contributed by atoms with Crippen LogP contribution in [0.4, 0.5) is 0 Å². The van der Waals surface area contributed by atoms with Gasteiger partial charge in [-0.25, -0.2) is 0 Å². The highest BCUT2D eigenvalue weighted by atomic mass is 16.5. The quantitative estimate of drug-likeness (QED) is 0.207. The van der Waals surface area contributed by atoms with E-state index < -0.39 is 0 Å². The lowest BCUT2D eigenvalue weighted by molar-refractivity contribution is -0.934. The Morgan fingerprint density at radius 3 is 1.83 bits per heavy atom. The lowest BCUT2D eigenvalue weighted by Crippen LogP contribution is -2.51. The first kappa shape index (κ1) is 21.0. The Labute approximate surface area is 146 Å². The number of rotatable bonds is 14. The zero-order valence-electron chi connectivity index (χ0n) is 16.5. The van der Waals surface area contributed by atoms with E-state index in [0.29, 0.717) is 0 Å². The largest absolute Gasteiger partial charge is 0.332 e. The van der Waals surface area contributed by atoms with Gasteiger partial charge in [-0.3, -0.25) is 0 Å². The van der Waals surface area contributed by atoms with E-state index in [-0.39, 0.29) is 0 Å². The number of nitrogens with zero attached hydrogens (tertiary/aromatic N) is 1. The fraction of sp³-hybridized carbons (Fsp3) is 1.00. The molecule has 0 N–H and O–H groups in total. The highest BCUT2D eigenvalue weighted by molar-refractivity contribution is 4.65. The van der Waals surface area contributed by atoms with Crippen molar-refractivity contribution in [3.63, 3.8) is 0 Å². The SMILES string of the molecule is CCCCCCCCCCCCOC[N+](C)(C)C1CCCCC1. The minimum Gasteiger partial charge on any atom is -0.332 e. The van der Waals surface area contributed by atoms with Crippen LogP contribution in [0.1, 0.15) is 103 Å². The van der Waals surface area contributed by atoms with E-state index in [0.717, 1.165) is 23.9 Å². The van der Waals surface area contributed by atoms with Crippen LogP contribution in [-0.2, 0) is 4.74 Å². The van der Waals surface area contributed by atoms with Crippen molar-refractivity contribution >= 4 is 0 Å². The number of ether oxygens (including phenoxy) is 1. The molecule has 23 heavy (non-hydrogen) atoms. The van der Waals surface area contributed by atoms with Gasteiger partial charge in [0.25, 0.3) is 0 Å². The van der Waals surface area contributed by atoms with Crippen LogP contribution >= 0.6 is 0 Å². The molecule has 0 saturated heterocycles. The predicted molar refractivity (Wildman–Crippen MR) is 102 cm³/mol. The molecule has 0 aliphatic heterocycles. The topological polar surface area (TPSA) is 9.23 Å². The molecule has 1 aliphatic rings. The summed E-state index contributed by atoms with van der Waals surface area (Å²) >= 11 is 0. The molecule has 0 bridgehead atoms. The summed E-state index contributed by atoms with van der Waals surface area (Å²) in [6, 6.07) is 0.830. The highest BCUT2D eigenvalue weighted by Crippen LogP contribution is 2.25. The van der Waals surface area contributed by atoms with E-state index in [1.54, 1.807) is 0 Å². The summed E-state index contributed by atoms with van der Waals surface area (Å²) < 4.78 is 7.06. The van der Waals surface area contributed by atoms with Crippen molar-refractivity contribution in [3.8, 4) is 0 Å². The fourth-order valence-corrected chi connectivity index (χ4v) is 3.88. The molecule has 0 unspecified atom stereocenters. The maximum absolute atomic E-state index is 6.00. The first-order chi connectivity index (χ1) is 11.2. The van der Waals surface area contributed by atoms with Gasteiger partial charge in [0.2, 0.25) is 0 Å². The molecule has 0 spiro atoms. The van der Waals surface area contributed by atoms with Gasteiger partial charge in [0.05, 0.1) is 26.7 Å². The Kier molecular flexibility index (Phi) is 12.1. The van der Waals surface area contributed by atoms with Crippen LogP contribution < -0.4 is 0 Å². The van der Waals surface area contributed by atoms with E-state index in [2.05, 4.69) is 21.0 Å². The van der Waals surface area contributed by atoms with Crippen molar-refractivity contribution in [1.82, 2.24) is 0 Å². The van der Waals surface area contributed by atoms with Crippen molar-refractivity contribution in [2.45, 2.75) is 109 Å². The summed E-state index contributed by atoms with van der Waals surface area (Å²) in [7, 11) is 4.71. The molecule has 1 aliphatic carbocycles. The molecule has 0 atom stereocenters. The van der Waals surface area contributed by atoms with Gasteiger partial charge in [0, 0.05) is 0 Å². The van der Waals surface area contributed by atoms with Crippen LogP contribution in [0.25, 0.3) is 0 Å². The molecule has 0 aromatic carbocycles. The van der Waals surface area contributed by atoms with Crippen LogP contribution in [0, 0.1) is 0 Å². The molecule has 0 heterocycles. The standard InChI is InChI=1S/C21H44NO/c1-4-5-6-7-8-9-10-11-12-16-19-23-20-22(2,3)21-17-14-13-15-18-21/h21H,4-20H2,1-3H3/q+1. The third-order valence-corrected chi connectivity index (χ3v) is 5.63. The molecule has 0 aromatic heterocycles. The van der Waals surface area contributed by atoms with Crippen LogP contribution in [0.2, 0.25) is 0 Å². The average molecular weight is 327 g/mol. The second-order valence-electron chi connectivity index (χ2n) is 8.29. The molecule has 0 amide bonds. The first-order valence-electron chi connectivity index (χ1n) is 10.6. The Morgan fingerprint density at radius 2 is 1.26 bits per heavy atom. The van der Waals surface area contributed by atoms with Gasteiger partial charge in [-0.05, 0) is 32.1 Å². The average Bonchev–Trinajstić information content (AvgIpc) is 2.56. The third kappa shape index (κ3) is 10.4. The molecule has 2 heteroatoms. The normalized spacial score (nSPS) is 16.8. The van der Waals surface area contributed by atoms with E-state index in [9.17, 15) is 0 Å². The number of hydrogen-bond acceptors (Lipinski definition) is 1. The van der Waals surface area contributed by atoms with Crippen LogP contribution in [-0.4, -0.2) is 38.0 Å². The van der Waals surface area contributed by atoms with Crippen molar-refractivity contribution < 1.29 is 9.22 Å². The third-order valence-electron chi connectivity index (χ3n) is 5.63. The second-order valence-corrected chi connectivity index (χ2v) is 8.29. The summed E-state index contributed by atoms with van der Waals surface area (Å²) in [4.78, 5) is 0. The monoisotopic (exact) mass is 326 g/mol. The molecule has 1 rings (SSSR count). The number of hydrogen-bond donors (Lipinski definition) is 0. The highest BCUT2D eigenvalue weighted by Gasteiger charge is 2.29. The van der Waals surface area contributed by atoms with Gasteiger partial charge < -0.3 is 9.22 Å². The van der Waals surface area contributed by atoms with Gasteiger partial charge in [-0.15, -0.1) is 0 Å². The van der Waals surface area contributed by atoms with E-state index in [1.165, 1.54) is 96.3 Å². The lowest BCUT2D eigenvalue weighted by Gasteiger charge is -2.39. The Hall–Kier alpha value is -0.0800. The smallest absolute Gasteiger partial charge is 0.182 e. The Bertz CT molecular complexity index is 259. The maximum atomic E-state index is 6.00. The summed E-state index contributed by atoms with van der Waals surface area (Å²) in [6.45, 7) is 4.16. The summed E-state index contributed by atoms with van der Waals surface area (Å²) in [5, 5.41) is 0. The minimum absolute atomic E-state index is 0.830. The van der Waals surface area contributed by atoms with Gasteiger partial charge in [0.1, 0.15) is 0 Å². The lowest BCUT2D eigenvalue weighted by atomic mass is 9.93. The molecule has 138 valence electrons.